The molecule has 0 fully saturated rings. The van der Waals surface area contributed by atoms with E-state index in [0.717, 1.165) is 5.57 Å². The topological polar surface area (TPSA) is 47.6 Å². The molecule has 0 amide bonds. The molecule has 2 nitrogen and oxygen atoms in total. The van der Waals surface area contributed by atoms with Gasteiger partial charge in [-0.2, -0.15) is 17.9 Å². The molecule has 0 aromatic rings. The molecule has 0 aromatic heterocycles. The lowest BCUT2D eigenvalue weighted by atomic mass is 9.88. The molecule has 0 aromatic carbocycles. The first-order chi connectivity index (χ1) is 5.08. The Hall–Kier alpha value is -0.710. The third kappa shape index (κ3) is 3.27. The molecule has 1 N–H and O–H groups in total. The first kappa shape index (κ1) is 10.3. The average molecular weight is 168 g/mol. The maximum absolute atomic E-state index is 8.73. The Bertz CT molecular complexity index is 223. The van der Waals surface area contributed by atoms with Gasteiger partial charge in [-0.05, 0) is 31.7 Å². The Kier molecular flexibility index (Phi) is 3.95. The Morgan fingerprint density at radius 3 is 2.55 bits per heavy atom. The first-order valence-corrected chi connectivity index (χ1v) is 3.98. The highest BCUT2D eigenvalue weighted by molar-refractivity contribution is 7.80. The molecular formula is C8H12N2S. The molecule has 0 aliphatic heterocycles. The Labute approximate surface area is 72.8 Å². The molecule has 0 rings (SSSR count). The van der Waals surface area contributed by atoms with E-state index in [1.54, 1.807) is 6.92 Å². The molecule has 0 spiro atoms. The summed E-state index contributed by atoms with van der Waals surface area (Å²) in [7, 11) is 0. The van der Waals surface area contributed by atoms with Gasteiger partial charge in [0.25, 0.3) is 0 Å². The van der Waals surface area contributed by atoms with Crippen LogP contribution in [0.3, 0.4) is 0 Å². The standard InChI is InChI=1S/C8H12N2S/c1-7(4-9)3-8(2,5-10)6-11/h9,11H,3,6H2,1-2H3. The van der Waals surface area contributed by atoms with Crippen molar-refractivity contribution in [3.63, 3.8) is 0 Å². The van der Waals surface area contributed by atoms with Gasteiger partial charge in [0, 0.05) is 5.75 Å². The molecule has 0 saturated heterocycles. The van der Waals surface area contributed by atoms with E-state index in [1.807, 2.05) is 6.92 Å². The smallest absolute Gasteiger partial charge is 0.0699 e. The van der Waals surface area contributed by atoms with Crippen molar-refractivity contribution >= 4 is 18.5 Å². The van der Waals surface area contributed by atoms with Crippen LogP contribution in [-0.2, 0) is 0 Å². The molecule has 1 atom stereocenters. The van der Waals surface area contributed by atoms with Crippen molar-refractivity contribution in [2.75, 3.05) is 5.75 Å². The van der Waals surface area contributed by atoms with Crippen LogP contribution >= 0.6 is 12.6 Å². The lowest BCUT2D eigenvalue weighted by Gasteiger charge is -2.17. The fraction of sp³-hybridized carbons (Fsp3) is 0.625. The van der Waals surface area contributed by atoms with Crippen LogP contribution in [0.5, 0.6) is 0 Å². The molecule has 0 bridgehead atoms. The fourth-order valence-corrected chi connectivity index (χ4v) is 0.943. The largest absolute Gasteiger partial charge is 0.259 e. The van der Waals surface area contributed by atoms with Crippen molar-refractivity contribution in [2.45, 2.75) is 20.3 Å². The zero-order valence-electron chi connectivity index (χ0n) is 6.81. The molecule has 60 valence electrons. The second kappa shape index (κ2) is 4.23. The van der Waals surface area contributed by atoms with E-state index in [1.165, 1.54) is 0 Å². The monoisotopic (exact) mass is 168 g/mol. The van der Waals surface area contributed by atoms with Crippen molar-refractivity contribution in [2.24, 2.45) is 5.41 Å². The molecule has 0 heterocycles. The van der Waals surface area contributed by atoms with Gasteiger partial charge in [-0.25, -0.2) is 0 Å². The van der Waals surface area contributed by atoms with Crippen LogP contribution in [0.2, 0.25) is 0 Å². The molecule has 0 saturated carbocycles. The van der Waals surface area contributed by atoms with Crippen LogP contribution in [0.25, 0.3) is 0 Å². The third-order valence-electron chi connectivity index (χ3n) is 1.49. The maximum atomic E-state index is 8.73. The molecule has 0 aliphatic rings. The van der Waals surface area contributed by atoms with E-state index in [9.17, 15) is 0 Å². The van der Waals surface area contributed by atoms with Crippen LogP contribution in [0.1, 0.15) is 20.3 Å². The van der Waals surface area contributed by atoms with Crippen LogP contribution in [0, 0.1) is 22.2 Å². The highest BCUT2D eigenvalue weighted by atomic mass is 32.1. The summed E-state index contributed by atoms with van der Waals surface area (Å²) in [6.07, 6.45) is 0.580. The zero-order chi connectivity index (χ0) is 8.91. The van der Waals surface area contributed by atoms with Crippen LogP contribution in [-0.4, -0.2) is 11.6 Å². The molecule has 0 aliphatic carbocycles. The van der Waals surface area contributed by atoms with Gasteiger partial charge in [0.2, 0.25) is 0 Å². The molecule has 3 heteroatoms. The summed E-state index contributed by atoms with van der Waals surface area (Å²) < 4.78 is 0. The predicted octanol–water partition coefficient (Wildman–Crippen LogP) is 2.03. The van der Waals surface area contributed by atoms with Crippen molar-refractivity contribution in [1.82, 2.24) is 0 Å². The van der Waals surface area contributed by atoms with Gasteiger partial charge in [-0.15, -0.1) is 0 Å². The van der Waals surface area contributed by atoms with Crippen LogP contribution in [0.15, 0.2) is 5.57 Å². The van der Waals surface area contributed by atoms with Crippen molar-refractivity contribution in [1.29, 1.82) is 10.7 Å². The number of rotatable bonds is 3. The number of thiol groups is 1. The normalized spacial score (nSPS) is 14.4. The summed E-state index contributed by atoms with van der Waals surface area (Å²) in [6.45, 7) is 3.63. The summed E-state index contributed by atoms with van der Waals surface area (Å²) in [5.74, 6) is 2.79. The van der Waals surface area contributed by atoms with E-state index in [4.69, 9.17) is 10.7 Å². The number of hydrogen-bond donors (Lipinski definition) is 2. The number of nitrogens with one attached hydrogen (secondary N) is 1. The highest BCUT2D eigenvalue weighted by Gasteiger charge is 2.22. The predicted molar refractivity (Wildman–Crippen MR) is 49.1 cm³/mol. The quantitative estimate of drug-likeness (QED) is 0.491. The van der Waals surface area contributed by atoms with Gasteiger partial charge < -0.3 is 0 Å². The second-order valence-electron chi connectivity index (χ2n) is 2.91. The lowest BCUT2D eigenvalue weighted by molar-refractivity contribution is 0.505. The zero-order valence-corrected chi connectivity index (χ0v) is 7.70. The Morgan fingerprint density at radius 2 is 2.27 bits per heavy atom. The minimum Gasteiger partial charge on any atom is -0.259 e. The number of hydrogen-bond acceptors (Lipinski definition) is 3. The summed E-state index contributed by atoms with van der Waals surface area (Å²) in [5, 5.41) is 15.5. The summed E-state index contributed by atoms with van der Waals surface area (Å²) in [4.78, 5) is 0. The van der Waals surface area contributed by atoms with Crippen molar-refractivity contribution in [3.05, 3.63) is 5.57 Å². The number of nitriles is 1. The third-order valence-corrected chi connectivity index (χ3v) is 2.19. The van der Waals surface area contributed by atoms with Gasteiger partial charge >= 0.3 is 0 Å². The van der Waals surface area contributed by atoms with E-state index in [0.29, 0.717) is 12.2 Å². The SMILES string of the molecule is CC(=C=N)CC(C)(C#N)CS. The number of allylic oxidation sites excluding steroid dienone is 1. The average Bonchev–Trinajstić information content (AvgIpc) is 2.04. The van der Waals surface area contributed by atoms with Crippen molar-refractivity contribution in [3.8, 4) is 6.07 Å². The van der Waals surface area contributed by atoms with E-state index >= 15 is 0 Å². The van der Waals surface area contributed by atoms with E-state index < -0.39 is 5.41 Å². The minimum absolute atomic E-state index is 0.443. The molecule has 11 heavy (non-hydrogen) atoms. The minimum atomic E-state index is -0.443. The van der Waals surface area contributed by atoms with E-state index in [2.05, 4.69) is 24.6 Å². The Balaban J connectivity index is 4.35. The first-order valence-electron chi connectivity index (χ1n) is 3.35. The second-order valence-corrected chi connectivity index (χ2v) is 3.23. The van der Waals surface area contributed by atoms with Gasteiger partial charge in [-0.3, -0.25) is 5.41 Å². The fourth-order valence-electron chi connectivity index (χ4n) is 0.760. The van der Waals surface area contributed by atoms with E-state index in [-0.39, 0.29) is 0 Å². The van der Waals surface area contributed by atoms with Crippen molar-refractivity contribution < 1.29 is 0 Å². The highest BCUT2D eigenvalue weighted by Crippen LogP contribution is 2.24. The number of nitrogens with zero attached hydrogens (tertiary/aromatic N) is 1. The van der Waals surface area contributed by atoms with Gasteiger partial charge in [-0.1, -0.05) is 0 Å². The lowest BCUT2D eigenvalue weighted by Crippen LogP contribution is -2.16. The Morgan fingerprint density at radius 1 is 1.73 bits per heavy atom. The molecule has 0 radical (unpaired) electrons. The van der Waals surface area contributed by atoms with Gasteiger partial charge in [0.15, 0.2) is 0 Å². The molecule has 1 unspecified atom stereocenters. The van der Waals surface area contributed by atoms with Gasteiger partial charge in [0.05, 0.1) is 11.5 Å². The summed E-state index contributed by atoms with van der Waals surface area (Å²) in [5.41, 5.74) is 0.351. The summed E-state index contributed by atoms with van der Waals surface area (Å²) >= 11 is 4.07. The summed E-state index contributed by atoms with van der Waals surface area (Å²) in [6, 6.07) is 2.17. The van der Waals surface area contributed by atoms with Crippen LogP contribution in [0.4, 0.5) is 0 Å². The molecular weight excluding hydrogens is 156 g/mol. The van der Waals surface area contributed by atoms with Crippen LogP contribution < -0.4 is 0 Å². The van der Waals surface area contributed by atoms with Gasteiger partial charge in [0.1, 0.15) is 0 Å². The maximum Gasteiger partial charge on any atom is 0.0699 e.